The zero-order valence-corrected chi connectivity index (χ0v) is 15.5. The normalized spacial score (nSPS) is 10.5. The van der Waals surface area contributed by atoms with E-state index in [2.05, 4.69) is 42.0 Å². The fourth-order valence-corrected chi connectivity index (χ4v) is 2.40. The zero-order valence-electron chi connectivity index (χ0n) is 13.1. The van der Waals surface area contributed by atoms with E-state index < -0.39 is 5.91 Å². The first-order valence-corrected chi connectivity index (χ1v) is 8.51. The number of furan rings is 1. The van der Waals surface area contributed by atoms with Crippen molar-refractivity contribution in [2.24, 2.45) is 0 Å². The van der Waals surface area contributed by atoms with Crippen molar-refractivity contribution in [3.63, 3.8) is 0 Å². The molecule has 0 unspecified atom stereocenters. The highest BCUT2D eigenvalue weighted by Gasteiger charge is 2.14. The molecule has 2 aromatic heterocycles. The quantitative estimate of drug-likeness (QED) is 0.626. The molecule has 25 heavy (non-hydrogen) atoms. The highest BCUT2D eigenvalue weighted by Crippen LogP contribution is 2.23. The lowest BCUT2D eigenvalue weighted by Gasteiger charge is -2.04. The molecule has 2 heterocycles. The lowest BCUT2D eigenvalue weighted by Crippen LogP contribution is -2.34. The van der Waals surface area contributed by atoms with Crippen molar-refractivity contribution in [3.05, 3.63) is 46.6 Å². The number of amides is 1. The Labute approximate surface area is 156 Å². The SMILES string of the molecule is CCn1nnc(NC(=S)NC(=O)c2ccc(-c3ccc(Br)cc3)o2)n1. The predicted molar refractivity (Wildman–Crippen MR) is 99.0 cm³/mol. The second-order valence-electron chi connectivity index (χ2n) is 4.88. The first-order valence-electron chi connectivity index (χ1n) is 7.31. The number of aryl methyl sites for hydroxylation is 1. The van der Waals surface area contributed by atoms with Crippen molar-refractivity contribution < 1.29 is 9.21 Å². The van der Waals surface area contributed by atoms with E-state index in [1.165, 1.54) is 4.80 Å². The van der Waals surface area contributed by atoms with Gasteiger partial charge in [-0.25, -0.2) is 0 Å². The van der Waals surface area contributed by atoms with Gasteiger partial charge in [0.15, 0.2) is 10.9 Å². The molecular weight excluding hydrogens is 408 g/mol. The van der Waals surface area contributed by atoms with Crippen LogP contribution in [-0.4, -0.2) is 31.2 Å². The maximum absolute atomic E-state index is 12.2. The molecule has 1 amide bonds. The Morgan fingerprint density at radius 2 is 2.04 bits per heavy atom. The fraction of sp³-hybridized carbons (Fsp3) is 0.133. The van der Waals surface area contributed by atoms with E-state index >= 15 is 0 Å². The molecule has 0 saturated heterocycles. The van der Waals surface area contributed by atoms with E-state index in [0.29, 0.717) is 12.3 Å². The Morgan fingerprint density at radius 1 is 1.28 bits per heavy atom. The molecule has 3 aromatic rings. The van der Waals surface area contributed by atoms with Gasteiger partial charge < -0.3 is 4.42 Å². The monoisotopic (exact) mass is 420 g/mol. The third kappa shape index (κ3) is 4.28. The molecule has 0 spiro atoms. The van der Waals surface area contributed by atoms with Gasteiger partial charge in [0.25, 0.3) is 11.9 Å². The summed E-state index contributed by atoms with van der Waals surface area (Å²) < 4.78 is 6.55. The topological polar surface area (TPSA) is 97.9 Å². The predicted octanol–water partition coefficient (Wildman–Crippen LogP) is 2.84. The summed E-state index contributed by atoms with van der Waals surface area (Å²) in [6.07, 6.45) is 0. The number of nitrogens with zero attached hydrogens (tertiary/aromatic N) is 4. The van der Waals surface area contributed by atoms with E-state index in [-0.39, 0.29) is 16.8 Å². The number of halogens is 1. The van der Waals surface area contributed by atoms with Gasteiger partial charge in [0.05, 0.1) is 6.54 Å². The van der Waals surface area contributed by atoms with Gasteiger partial charge >= 0.3 is 0 Å². The van der Waals surface area contributed by atoms with Crippen LogP contribution in [0.15, 0.2) is 45.3 Å². The molecule has 0 aliphatic carbocycles. The molecule has 0 radical (unpaired) electrons. The van der Waals surface area contributed by atoms with Crippen molar-refractivity contribution >= 4 is 45.1 Å². The van der Waals surface area contributed by atoms with Gasteiger partial charge in [-0.05, 0) is 48.6 Å². The summed E-state index contributed by atoms with van der Waals surface area (Å²) >= 11 is 8.44. The molecule has 3 rings (SSSR count). The molecule has 0 saturated carbocycles. The lowest BCUT2D eigenvalue weighted by atomic mass is 10.2. The fourth-order valence-electron chi connectivity index (χ4n) is 1.95. The van der Waals surface area contributed by atoms with E-state index in [0.717, 1.165) is 10.0 Å². The number of hydrogen-bond acceptors (Lipinski definition) is 6. The van der Waals surface area contributed by atoms with Crippen molar-refractivity contribution in [1.29, 1.82) is 0 Å². The lowest BCUT2D eigenvalue weighted by molar-refractivity contribution is 0.0951. The molecule has 0 aliphatic heterocycles. The summed E-state index contributed by atoms with van der Waals surface area (Å²) in [6.45, 7) is 2.46. The highest BCUT2D eigenvalue weighted by molar-refractivity contribution is 9.10. The van der Waals surface area contributed by atoms with Crippen LogP contribution < -0.4 is 10.6 Å². The van der Waals surface area contributed by atoms with Gasteiger partial charge in [0, 0.05) is 10.0 Å². The molecule has 2 N–H and O–H groups in total. The Balaban J connectivity index is 1.63. The van der Waals surface area contributed by atoms with Crippen LogP contribution in [0.25, 0.3) is 11.3 Å². The average molecular weight is 421 g/mol. The Hall–Kier alpha value is -2.59. The summed E-state index contributed by atoms with van der Waals surface area (Å²) in [4.78, 5) is 13.6. The molecule has 0 fully saturated rings. The van der Waals surface area contributed by atoms with Gasteiger partial charge in [0.2, 0.25) is 0 Å². The second-order valence-corrected chi connectivity index (χ2v) is 6.20. The Morgan fingerprint density at radius 3 is 2.72 bits per heavy atom. The van der Waals surface area contributed by atoms with Crippen LogP contribution in [0.2, 0.25) is 0 Å². The number of hydrogen-bond donors (Lipinski definition) is 2. The summed E-state index contributed by atoms with van der Waals surface area (Å²) in [6, 6.07) is 10.9. The van der Waals surface area contributed by atoms with Crippen molar-refractivity contribution in [1.82, 2.24) is 25.5 Å². The number of carbonyl (C=O) groups excluding carboxylic acids is 1. The third-order valence-corrected chi connectivity index (χ3v) is 3.88. The number of anilines is 1. The van der Waals surface area contributed by atoms with E-state index in [4.69, 9.17) is 16.6 Å². The molecule has 0 bridgehead atoms. The van der Waals surface area contributed by atoms with E-state index in [9.17, 15) is 4.79 Å². The maximum atomic E-state index is 12.2. The summed E-state index contributed by atoms with van der Waals surface area (Å²) in [5, 5.41) is 16.8. The van der Waals surface area contributed by atoms with E-state index in [1.54, 1.807) is 12.1 Å². The van der Waals surface area contributed by atoms with Gasteiger partial charge in [-0.2, -0.15) is 4.80 Å². The number of carbonyl (C=O) groups is 1. The number of rotatable bonds is 4. The highest BCUT2D eigenvalue weighted by atomic mass is 79.9. The summed E-state index contributed by atoms with van der Waals surface area (Å²) in [5.41, 5.74) is 0.864. The number of tetrazole rings is 1. The standard InChI is InChI=1S/C15H13BrN6O2S/c1-2-22-20-14(19-21-22)18-15(25)17-13(23)12-8-7-11(24-12)9-3-5-10(16)6-4-9/h3-8H,2H2,1H3,(H2,17,18,20,23,25). The Kier molecular flexibility index (Phi) is 5.19. The van der Waals surface area contributed by atoms with Crippen LogP contribution in [0, 0.1) is 0 Å². The maximum Gasteiger partial charge on any atom is 0.293 e. The van der Waals surface area contributed by atoms with Crippen LogP contribution in [0.3, 0.4) is 0 Å². The van der Waals surface area contributed by atoms with Crippen molar-refractivity contribution in [3.8, 4) is 11.3 Å². The van der Waals surface area contributed by atoms with Gasteiger partial charge in [-0.15, -0.1) is 5.10 Å². The number of aromatic nitrogens is 4. The molecule has 1 aromatic carbocycles. The summed E-state index contributed by atoms with van der Waals surface area (Å²) in [7, 11) is 0. The minimum atomic E-state index is -0.469. The molecule has 8 nitrogen and oxygen atoms in total. The molecule has 0 aliphatic rings. The number of thiocarbonyl (C=S) groups is 1. The van der Waals surface area contributed by atoms with Crippen LogP contribution in [0.4, 0.5) is 5.95 Å². The van der Waals surface area contributed by atoms with Crippen LogP contribution in [0.5, 0.6) is 0 Å². The summed E-state index contributed by atoms with van der Waals surface area (Å²) in [5.74, 6) is 0.474. The molecule has 10 heteroatoms. The largest absolute Gasteiger partial charge is 0.451 e. The molecule has 128 valence electrons. The average Bonchev–Trinajstić information content (AvgIpc) is 3.24. The van der Waals surface area contributed by atoms with Crippen molar-refractivity contribution in [2.75, 3.05) is 5.32 Å². The Bertz CT molecular complexity index is 905. The first-order chi connectivity index (χ1) is 12.0. The zero-order chi connectivity index (χ0) is 17.8. The number of benzene rings is 1. The van der Waals surface area contributed by atoms with Crippen LogP contribution >= 0.6 is 28.1 Å². The van der Waals surface area contributed by atoms with Crippen molar-refractivity contribution in [2.45, 2.75) is 13.5 Å². The minimum Gasteiger partial charge on any atom is -0.451 e. The first kappa shape index (κ1) is 17.2. The number of nitrogens with one attached hydrogen (secondary N) is 2. The van der Waals surface area contributed by atoms with Crippen LogP contribution in [-0.2, 0) is 6.54 Å². The van der Waals surface area contributed by atoms with Crippen LogP contribution in [0.1, 0.15) is 17.5 Å². The smallest absolute Gasteiger partial charge is 0.293 e. The third-order valence-electron chi connectivity index (χ3n) is 3.15. The second kappa shape index (κ2) is 7.53. The van der Waals surface area contributed by atoms with Gasteiger partial charge in [-0.3, -0.25) is 15.4 Å². The van der Waals surface area contributed by atoms with Gasteiger partial charge in [-0.1, -0.05) is 33.2 Å². The van der Waals surface area contributed by atoms with E-state index in [1.807, 2.05) is 31.2 Å². The molecular formula is C15H13BrN6O2S. The molecule has 0 atom stereocenters. The van der Waals surface area contributed by atoms with Gasteiger partial charge in [0.1, 0.15) is 5.76 Å². The minimum absolute atomic E-state index is 0.0576.